The van der Waals surface area contributed by atoms with Crippen molar-refractivity contribution < 1.29 is 0 Å². The molecule has 4 aromatic heterocycles. The van der Waals surface area contributed by atoms with Gasteiger partial charge in [-0.05, 0) is 48.9 Å². The molecule has 0 amide bonds. The van der Waals surface area contributed by atoms with Gasteiger partial charge >= 0.3 is 0 Å². The van der Waals surface area contributed by atoms with E-state index in [1.807, 2.05) is 67.6 Å². The highest BCUT2D eigenvalue weighted by molar-refractivity contribution is 5.94. The first-order chi connectivity index (χ1) is 18.1. The third kappa shape index (κ3) is 4.00. The van der Waals surface area contributed by atoms with Gasteiger partial charge in [0.25, 0.3) is 5.56 Å². The number of rotatable bonds is 5. The summed E-state index contributed by atoms with van der Waals surface area (Å²) in [7, 11) is 0. The minimum atomic E-state index is -0.442. The summed E-state index contributed by atoms with van der Waals surface area (Å²) in [6, 6.07) is 20.0. The molecule has 0 aliphatic rings. The molecular formula is C27H21N9O. The second kappa shape index (κ2) is 9.08. The van der Waals surface area contributed by atoms with Crippen LogP contribution in [0.1, 0.15) is 18.8 Å². The standard InChI is InChI=1S/C27H21N9O/c1-16(32-24-23-21(11-6-13-29-23)34-27(28)35-24)25-33-20-10-5-9-19(17-12-14-30-31-15-17)22(20)26(37)36(25)18-7-3-2-4-8-18/h2-16H,1H3,(H3,28,32,34,35)/t16-/m0/s1. The van der Waals surface area contributed by atoms with Crippen molar-refractivity contribution in [3.8, 4) is 16.8 Å². The molecule has 0 saturated carbocycles. The van der Waals surface area contributed by atoms with Gasteiger partial charge in [0.1, 0.15) is 11.3 Å². The zero-order valence-corrected chi connectivity index (χ0v) is 19.8. The number of nitrogens with two attached hydrogens (primary N) is 1. The minimum absolute atomic E-state index is 0.123. The first-order valence-electron chi connectivity index (χ1n) is 11.6. The third-order valence-electron chi connectivity index (χ3n) is 6.05. The zero-order chi connectivity index (χ0) is 25.4. The maximum absolute atomic E-state index is 14.2. The number of nitrogen functional groups attached to an aromatic ring is 1. The Hall–Kier alpha value is -5.25. The van der Waals surface area contributed by atoms with Crippen molar-refractivity contribution in [2.24, 2.45) is 0 Å². The molecule has 6 rings (SSSR count). The summed E-state index contributed by atoms with van der Waals surface area (Å²) in [6.45, 7) is 1.91. The average Bonchev–Trinajstić information content (AvgIpc) is 2.93. The third-order valence-corrected chi connectivity index (χ3v) is 6.05. The van der Waals surface area contributed by atoms with Crippen LogP contribution in [-0.4, -0.2) is 34.7 Å². The molecule has 0 saturated heterocycles. The minimum Gasteiger partial charge on any atom is -0.368 e. The lowest BCUT2D eigenvalue weighted by molar-refractivity contribution is 0.732. The molecule has 1 atom stereocenters. The molecule has 37 heavy (non-hydrogen) atoms. The number of pyridine rings is 1. The monoisotopic (exact) mass is 487 g/mol. The molecule has 0 bridgehead atoms. The van der Waals surface area contributed by atoms with Gasteiger partial charge in [-0.3, -0.25) is 14.3 Å². The highest BCUT2D eigenvalue weighted by atomic mass is 16.1. The highest BCUT2D eigenvalue weighted by Crippen LogP contribution is 2.28. The van der Waals surface area contributed by atoms with Gasteiger partial charge in [0.15, 0.2) is 5.82 Å². The number of hydrogen-bond acceptors (Lipinski definition) is 9. The van der Waals surface area contributed by atoms with Gasteiger partial charge in [-0.15, -0.1) is 0 Å². The molecule has 0 spiro atoms. The molecule has 4 heterocycles. The number of hydrogen-bond donors (Lipinski definition) is 2. The van der Waals surface area contributed by atoms with Crippen LogP contribution in [0.25, 0.3) is 38.8 Å². The summed E-state index contributed by atoms with van der Waals surface area (Å²) in [5, 5.41) is 11.7. The van der Waals surface area contributed by atoms with Crippen molar-refractivity contribution in [3.63, 3.8) is 0 Å². The SMILES string of the molecule is C[C@H](Nc1nc(N)nc2cccnc12)c1nc2cccc(-c3ccnnc3)c2c(=O)n1-c1ccccc1. The van der Waals surface area contributed by atoms with Crippen molar-refractivity contribution >= 4 is 33.7 Å². The van der Waals surface area contributed by atoms with Crippen molar-refractivity contribution in [3.05, 3.63) is 101 Å². The molecule has 0 radical (unpaired) electrons. The van der Waals surface area contributed by atoms with E-state index in [2.05, 4.69) is 30.5 Å². The van der Waals surface area contributed by atoms with E-state index in [0.717, 1.165) is 11.1 Å². The van der Waals surface area contributed by atoms with Crippen molar-refractivity contribution in [1.82, 2.24) is 34.7 Å². The molecule has 6 aromatic rings. The zero-order valence-electron chi connectivity index (χ0n) is 19.8. The first-order valence-corrected chi connectivity index (χ1v) is 11.6. The van der Waals surface area contributed by atoms with Crippen LogP contribution >= 0.6 is 0 Å². The van der Waals surface area contributed by atoms with E-state index in [4.69, 9.17) is 10.7 Å². The van der Waals surface area contributed by atoms with Crippen LogP contribution < -0.4 is 16.6 Å². The summed E-state index contributed by atoms with van der Waals surface area (Å²) in [5.74, 6) is 1.09. The van der Waals surface area contributed by atoms with E-state index in [1.165, 1.54) is 0 Å². The second-order valence-corrected chi connectivity index (χ2v) is 8.44. The Balaban J connectivity index is 1.57. The predicted octanol–water partition coefficient (Wildman–Crippen LogP) is 3.94. The molecule has 3 N–H and O–H groups in total. The van der Waals surface area contributed by atoms with Crippen molar-refractivity contribution in [1.29, 1.82) is 0 Å². The molecular weight excluding hydrogens is 466 g/mol. The van der Waals surface area contributed by atoms with E-state index in [-0.39, 0.29) is 11.5 Å². The van der Waals surface area contributed by atoms with E-state index < -0.39 is 6.04 Å². The van der Waals surface area contributed by atoms with E-state index >= 15 is 0 Å². The number of aromatic nitrogens is 7. The van der Waals surface area contributed by atoms with E-state index in [9.17, 15) is 4.79 Å². The number of anilines is 2. The number of nitrogens with one attached hydrogen (secondary N) is 1. The fraction of sp³-hybridized carbons (Fsp3) is 0.0741. The van der Waals surface area contributed by atoms with Crippen LogP contribution in [0.15, 0.2) is 90.1 Å². The fourth-order valence-electron chi connectivity index (χ4n) is 4.41. The van der Waals surface area contributed by atoms with Gasteiger partial charge in [0.05, 0.1) is 40.5 Å². The molecule has 180 valence electrons. The quantitative estimate of drug-likeness (QED) is 0.370. The summed E-state index contributed by atoms with van der Waals surface area (Å²) >= 11 is 0. The van der Waals surface area contributed by atoms with Gasteiger partial charge in [-0.1, -0.05) is 30.3 Å². The molecule has 0 aliphatic heterocycles. The lowest BCUT2D eigenvalue weighted by Gasteiger charge is -2.21. The topological polar surface area (TPSA) is 137 Å². The van der Waals surface area contributed by atoms with Gasteiger partial charge in [0.2, 0.25) is 5.95 Å². The summed E-state index contributed by atoms with van der Waals surface area (Å²) in [4.78, 5) is 32.2. The van der Waals surface area contributed by atoms with Crippen molar-refractivity contribution in [2.75, 3.05) is 11.1 Å². The lowest BCUT2D eigenvalue weighted by atomic mass is 10.0. The van der Waals surface area contributed by atoms with Gasteiger partial charge in [-0.25, -0.2) is 9.97 Å². The van der Waals surface area contributed by atoms with Gasteiger partial charge in [0, 0.05) is 11.8 Å². The maximum atomic E-state index is 14.2. The predicted molar refractivity (Wildman–Crippen MR) is 142 cm³/mol. The van der Waals surface area contributed by atoms with E-state index in [1.54, 1.807) is 29.2 Å². The molecule has 0 unspecified atom stereocenters. The maximum Gasteiger partial charge on any atom is 0.266 e. The Bertz CT molecular complexity index is 1800. The molecule has 10 heteroatoms. The smallest absolute Gasteiger partial charge is 0.266 e. The Labute approximate surface area is 210 Å². The summed E-state index contributed by atoms with van der Waals surface area (Å²) in [5.41, 5.74) is 9.74. The normalized spacial score (nSPS) is 12.0. The van der Waals surface area contributed by atoms with Crippen LogP contribution in [0.3, 0.4) is 0 Å². The number of benzene rings is 2. The average molecular weight is 488 g/mol. The van der Waals surface area contributed by atoms with Crippen LogP contribution in [0.4, 0.5) is 11.8 Å². The number of nitrogens with zero attached hydrogens (tertiary/aromatic N) is 7. The lowest BCUT2D eigenvalue weighted by Crippen LogP contribution is -2.28. The van der Waals surface area contributed by atoms with Gasteiger partial charge in [-0.2, -0.15) is 15.2 Å². The number of fused-ring (bicyclic) bond motifs is 2. The van der Waals surface area contributed by atoms with Crippen LogP contribution in [0, 0.1) is 0 Å². The van der Waals surface area contributed by atoms with Crippen molar-refractivity contribution in [2.45, 2.75) is 13.0 Å². The van der Waals surface area contributed by atoms with Crippen LogP contribution in [0.2, 0.25) is 0 Å². The molecule has 2 aromatic carbocycles. The number of para-hydroxylation sites is 1. The van der Waals surface area contributed by atoms with Crippen LogP contribution in [-0.2, 0) is 0 Å². The largest absolute Gasteiger partial charge is 0.368 e. The second-order valence-electron chi connectivity index (χ2n) is 8.44. The fourth-order valence-corrected chi connectivity index (χ4v) is 4.41. The Morgan fingerprint density at radius 3 is 2.51 bits per heavy atom. The Morgan fingerprint density at radius 2 is 1.70 bits per heavy atom. The van der Waals surface area contributed by atoms with E-state index in [0.29, 0.717) is 39.3 Å². The summed E-state index contributed by atoms with van der Waals surface area (Å²) < 4.78 is 1.62. The van der Waals surface area contributed by atoms with Crippen LogP contribution in [0.5, 0.6) is 0 Å². The summed E-state index contributed by atoms with van der Waals surface area (Å²) in [6.07, 6.45) is 4.90. The molecule has 10 nitrogen and oxygen atoms in total. The Kier molecular flexibility index (Phi) is 5.45. The Morgan fingerprint density at radius 1 is 0.865 bits per heavy atom. The molecule has 0 aliphatic carbocycles. The first kappa shape index (κ1) is 22.2. The van der Waals surface area contributed by atoms with Gasteiger partial charge < -0.3 is 11.1 Å². The molecule has 0 fully saturated rings. The highest BCUT2D eigenvalue weighted by Gasteiger charge is 2.21.